The van der Waals surface area contributed by atoms with Gasteiger partial charge in [-0.2, -0.15) is 0 Å². The van der Waals surface area contributed by atoms with Crippen molar-refractivity contribution in [3.05, 3.63) is 119 Å². The summed E-state index contributed by atoms with van der Waals surface area (Å²) in [5.74, 6) is -0.0515. The van der Waals surface area contributed by atoms with Crippen molar-refractivity contribution in [3.8, 4) is 11.5 Å². The number of hydrogen-bond acceptors (Lipinski definition) is 6. The summed E-state index contributed by atoms with van der Waals surface area (Å²) in [5.41, 5.74) is 4.34. The molecule has 0 bridgehead atoms. The molecule has 226 valence electrons. The molecular weight excluding hydrogens is 574 g/mol. The van der Waals surface area contributed by atoms with Crippen molar-refractivity contribution in [1.29, 1.82) is 0 Å². The van der Waals surface area contributed by atoms with Gasteiger partial charge in [-0.15, -0.1) is 11.8 Å². The molecule has 3 amide bonds. The Morgan fingerprint density at radius 1 is 0.818 bits per heavy atom. The summed E-state index contributed by atoms with van der Waals surface area (Å²) in [4.78, 5) is 40.4. The Balaban J connectivity index is 1.54. The number of thioether (sulfide) groups is 1. The van der Waals surface area contributed by atoms with Crippen LogP contribution in [-0.2, 0) is 9.59 Å². The fourth-order valence-electron chi connectivity index (χ4n) is 4.34. The number of rotatable bonds is 11. The molecule has 0 saturated heterocycles. The Kier molecular flexibility index (Phi) is 10.8. The lowest BCUT2D eigenvalue weighted by Crippen LogP contribution is -2.30. The first-order chi connectivity index (χ1) is 21.2. The molecular formula is C35H35N3O5S. The van der Waals surface area contributed by atoms with Crippen LogP contribution in [0.5, 0.6) is 11.5 Å². The molecule has 3 N–H and O–H groups in total. The van der Waals surface area contributed by atoms with Crippen molar-refractivity contribution in [2.75, 3.05) is 24.9 Å². The van der Waals surface area contributed by atoms with E-state index in [1.54, 1.807) is 73.8 Å². The van der Waals surface area contributed by atoms with E-state index in [2.05, 4.69) is 16.0 Å². The van der Waals surface area contributed by atoms with Crippen molar-refractivity contribution >= 4 is 46.9 Å². The molecule has 8 nitrogen and oxygen atoms in total. The van der Waals surface area contributed by atoms with Crippen LogP contribution >= 0.6 is 11.8 Å². The molecule has 0 fully saturated rings. The van der Waals surface area contributed by atoms with Crippen molar-refractivity contribution in [1.82, 2.24) is 5.32 Å². The largest absolute Gasteiger partial charge is 0.497 e. The molecule has 0 aliphatic heterocycles. The van der Waals surface area contributed by atoms with Crippen LogP contribution in [0.15, 0.2) is 102 Å². The molecule has 0 radical (unpaired) electrons. The summed E-state index contributed by atoms with van der Waals surface area (Å²) in [5, 5.41) is 8.21. The normalized spacial score (nSPS) is 11.7. The SMILES string of the molecule is COc1ccc(OC)c(/C=C(/NC(=O)c2ccccc2)C(=O)Nc2cccc(SC(C)C(=O)Nc3ccc(C)cc3C)c2)c1. The number of benzene rings is 4. The summed E-state index contributed by atoms with van der Waals surface area (Å²) in [6, 6.07) is 26.9. The van der Waals surface area contributed by atoms with Crippen LogP contribution in [-0.4, -0.2) is 37.2 Å². The monoisotopic (exact) mass is 609 g/mol. The summed E-state index contributed by atoms with van der Waals surface area (Å²) in [6.07, 6.45) is 1.54. The van der Waals surface area contributed by atoms with E-state index < -0.39 is 17.1 Å². The maximum atomic E-state index is 13.6. The minimum atomic E-state index is -0.540. The molecule has 0 aromatic heterocycles. The fourth-order valence-corrected chi connectivity index (χ4v) is 5.27. The first-order valence-electron chi connectivity index (χ1n) is 13.9. The van der Waals surface area contributed by atoms with Gasteiger partial charge < -0.3 is 25.4 Å². The Labute approximate surface area is 261 Å². The van der Waals surface area contributed by atoms with Gasteiger partial charge >= 0.3 is 0 Å². The second kappa shape index (κ2) is 14.9. The van der Waals surface area contributed by atoms with Crippen molar-refractivity contribution in [2.24, 2.45) is 0 Å². The minimum Gasteiger partial charge on any atom is -0.497 e. The van der Waals surface area contributed by atoms with Gasteiger partial charge in [-0.25, -0.2) is 0 Å². The zero-order chi connectivity index (χ0) is 31.6. The van der Waals surface area contributed by atoms with Gasteiger partial charge in [0.25, 0.3) is 11.8 Å². The second-order valence-corrected chi connectivity index (χ2v) is 11.4. The van der Waals surface area contributed by atoms with Gasteiger partial charge in [-0.3, -0.25) is 14.4 Å². The number of amides is 3. The maximum Gasteiger partial charge on any atom is 0.272 e. The third-order valence-corrected chi connectivity index (χ3v) is 7.77. The molecule has 4 aromatic rings. The van der Waals surface area contributed by atoms with E-state index >= 15 is 0 Å². The van der Waals surface area contributed by atoms with Crippen LogP contribution in [0.25, 0.3) is 6.08 Å². The third-order valence-electron chi connectivity index (χ3n) is 6.68. The molecule has 9 heteroatoms. The van der Waals surface area contributed by atoms with Crippen LogP contribution < -0.4 is 25.4 Å². The Morgan fingerprint density at radius 3 is 2.30 bits per heavy atom. The smallest absolute Gasteiger partial charge is 0.272 e. The van der Waals surface area contributed by atoms with E-state index in [0.717, 1.165) is 21.7 Å². The van der Waals surface area contributed by atoms with Gasteiger partial charge in [0.2, 0.25) is 5.91 Å². The average molecular weight is 610 g/mol. The van der Waals surface area contributed by atoms with E-state index in [9.17, 15) is 14.4 Å². The highest BCUT2D eigenvalue weighted by Crippen LogP contribution is 2.29. The summed E-state index contributed by atoms with van der Waals surface area (Å²) in [6.45, 7) is 5.80. The Bertz CT molecular complexity index is 1690. The molecule has 4 aromatic carbocycles. The lowest BCUT2D eigenvalue weighted by molar-refractivity contribution is -0.115. The highest BCUT2D eigenvalue weighted by Gasteiger charge is 2.19. The Morgan fingerprint density at radius 2 is 1.59 bits per heavy atom. The molecule has 0 aliphatic carbocycles. The summed E-state index contributed by atoms with van der Waals surface area (Å²) >= 11 is 1.37. The number of carbonyl (C=O) groups is 3. The van der Waals surface area contributed by atoms with Gasteiger partial charge in [0.1, 0.15) is 17.2 Å². The van der Waals surface area contributed by atoms with Crippen molar-refractivity contribution in [3.63, 3.8) is 0 Å². The highest BCUT2D eigenvalue weighted by atomic mass is 32.2. The first-order valence-corrected chi connectivity index (χ1v) is 14.8. The maximum absolute atomic E-state index is 13.6. The number of aryl methyl sites for hydroxylation is 2. The molecule has 0 spiro atoms. The lowest BCUT2D eigenvalue weighted by Gasteiger charge is -2.15. The van der Waals surface area contributed by atoms with Crippen LogP contribution in [0.2, 0.25) is 0 Å². The van der Waals surface area contributed by atoms with E-state index in [1.165, 1.54) is 24.9 Å². The van der Waals surface area contributed by atoms with Crippen LogP contribution in [0.4, 0.5) is 11.4 Å². The second-order valence-electron chi connectivity index (χ2n) is 10.0. The zero-order valence-electron chi connectivity index (χ0n) is 25.3. The first kappa shape index (κ1) is 31.9. The minimum absolute atomic E-state index is 0.00433. The van der Waals surface area contributed by atoms with E-state index in [-0.39, 0.29) is 11.6 Å². The molecule has 4 rings (SSSR count). The molecule has 1 atom stereocenters. The number of methoxy groups -OCH3 is 2. The molecule has 1 unspecified atom stereocenters. The third kappa shape index (κ3) is 8.52. The molecule has 0 aliphatic rings. The number of carbonyl (C=O) groups excluding carboxylic acids is 3. The molecule has 0 heterocycles. The predicted molar refractivity (Wildman–Crippen MR) is 176 cm³/mol. The van der Waals surface area contributed by atoms with E-state index in [0.29, 0.717) is 28.3 Å². The van der Waals surface area contributed by atoms with Gasteiger partial charge in [-0.1, -0.05) is 42.0 Å². The van der Waals surface area contributed by atoms with E-state index in [4.69, 9.17) is 9.47 Å². The Hall–Kier alpha value is -5.02. The number of nitrogens with one attached hydrogen (secondary N) is 3. The van der Waals surface area contributed by atoms with E-state index in [1.807, 2.05) is 45.0 Å². The van der Waals surface area contributed by atoms with Gasteiger partial charge in [-0.05, 0) is 87.0 Å². The van der Waals surface area contributed by atoms with Crippen LogP contribution in [0.3, 0.4) is 0 Å². The number of hydrogen-bond donors (Lipinski definition) is 3. The standard InChI is InChI=1S/C35H35N3O5S/c1-22-14-16-30(23(2)18-22)37-33(39)24(3)44-29-13-9-12-27(21-29)36-35(41)31(38-34(40)25-10-7-6-8-11-25)20-26-19-28(42-4)15-17-32(26)43-5/h6-21,24H,1-5H3,(H,36,41)(H,37,39)(H,38,40)/b31-20+. The van der Waals surface area contributed by atoms with Crippen molar-refractivity contribution in [2.45, 2.75) is 30.9 Å². The molecule has 0 saturated carbocycles. The quantitative estimate of drug-likeness (QED) is 0.127. The predicted octanol–water partition coefficient (Wildman–Crippen LogP) is 6.85. The van der Waals surface area contributed by atoms with Gasteiger partial charge in [0.15, 0.2) is 0 Å². The fraction of sp³-hybridized carbons (Fsp3) is 0.171. The number of anilines is 2. The lowest BCUT2D eigenvalue weighted by atomic mass is 10.1. The zero-order valence-corrected chi connectivity index (χ0v) is 26.1. The molecule has 44 heavy (non-hydrogen) atoms. The summed E-state index contributed by atoms with van der Waals surface area (Å²) < 4.78 is 10.8. The number of ether oxygens (including phenoxy) is 2. The highest BCUT2D eigenvalue weighted by molar-refractivity contribution is 8.00. The van der Waals surface area contributed by atoms with Crippen LogP contribution in [0.1, 0.15) is 34.0 Å². The van der Waals surface area contributed by atoms with Crippen molar-refractivity contribution < 1.29 is 23.9 Å². The topological polar surface area (TPSA) is 106 Å². The van der Waals surface area contributed by atoms with Gasteiger partial charge in [0, 0.05) is 27.4 Å². The van der Waals surface area contributed by atoms with Gasteiger partial charge in [0.05, 0.1) is 19.5 Å². The summed E-state index contributed by atoms with van der Waals surface area (Å²) in [7, 11) is 3.06. The van der Waals surface area contributed by atoms with Crippen LogP contribution in [0, 0.1) is 13.8 Å². The average Bonchev–Trinajstić information content (AvgIpc) is 3.02.